The van der Waals surface area contributed by atoms with E-state index in [9.17, 15) is 4.79 Å². The second kappa shape index (κ2) is 8.74. The Kier molecular flexibility index (Phi) is 6.50. The maximum absolute atomic E-state index is 12.6. The van der Waals surface area contributed by atoms with E-state index in [1.54, 1.807) is 0 Å². The van der Waals surface area contributed by atoms with Crippen LogP contribution in [-0.4, -0.2) is 23.8 Å². The van der Waals surface area contributed by atoms with E-state index in [4.69, 9.17) is 9.47 Å². The third-order valence-corrected chi connectivity index (χ3v) is 12.1. The van der Waals surface area contributed by atoms with E-state index in [1.165, 1.54) is 51.4 Å². The fourth-order valence-corrected chi connectivity index (χ4v) is 10.1. The lowest BCUT2D eigenvalue weighted by molar-refractivity contribution is -0.168. The first kappa shape index (κ1) is 26.1. The Morgan fingerprint density at radius 3 is 2.43 bits per heavy atom. The molecule has 0 amide bonds. The minimum Gasteiger partial charge on any atom is -0.462 e. The van der Waals surface area contributed by atoms with E-state index >= 15 is 0 Å². The molecule has 35 heavy (non-hydrogen) atoms. The van der Waals surface area contributed by atoms with Gasteiger partial charge < -0.3 is 9.47 Å². The first-order valence-electron chi connectivity index (χ1n) is 15.2. The summed E-state index contributed by atoms with van der Waals surface area (Å²) in [5, 5.41) is 0. The number of hydrogen-bond acceptors (Lipinski definition) is 3. The van der Waals surface area contributed by atoms with Crippen LogP contribution in [0.15, 0.2) is 0 Å². The fraction of sp³-hybridized carbons (Fsp3) is 0.969. The van der Waals surface area contributed by atoms with Crippen LogP contribution in [0, 0.1) is 51.8 Å². The van der Waals surface area contributed by atoms with Crippen molar-refractivity contribution < 1.29 is 14.3 Å². The van der Waals surface area contributed by atoms with Crippen molar-refractivity contribution in [1.29, 1.82) is 0 Å². The minimum atomic E-state index is -0.432. The van der Waals surface area contributed by atoms with Crippen LogP contribution < -0.4 is 0 Å². The Hall–Kier alpha value is -0.570. The number of carbonyl (C=O) groups excluding carboxylic acids is 1. The number of ether oxygens (including phenoxy) is 2. The summed E-state index contributed by atoms with van der Waals surface area (Å²) < 4.78 is 12.7. The van der Waals surface area contributed by atoms with E-state index in [-0.39, 0.29) is 23.1 Å². The van der Waals surface area contributed by atoms with Gasteiger partial charge in [0.25, 0.3) is 0 Å². The normalized spacial score (nSPS) is 47.3. The van der Waals surface area contributed by atoms with Crippen molar-refractivity contribution in [3.05, 3.63) is 0 Å². The van der Waals surface area contributed by atoms with E-state index in [1.807, 2.05) is 20.8 Å². The summed E-state index contributed by atoms with van der Waals surface area (Å²) >= 11 is 0. The summed E-state index contributed by atoms with van der Waals surface area (Å²) in [6.07, 6.45) is 14.7. The van der Waals surface area contributed by atoms with Crippen LogP contribution in [0.1, 0.15) is 126 Å². The van der Waals surface area contributed by atoms with Crippen molar-refractivity contribution in [2.45, 2.75) is 144 Å². The molecule has 3 heteroatoms. The summed E-state index contributed by atoms with van der Waals surface area (Å²) in [5.41, 5.74) is 0.334. The third-order valence-electron chi connectivity index (χ3n) is 12.1. The molecule has 5 fully saturated rings. The molecule has 1 heterocycles. The largest absolute Gasteiger partial charge is 0.462 e. The van der Waals surface area contributed by atoms with Crippen LogP contribution in [0.4, 0.5) is 0 Å². The summed E-state index contributed by atoms with van der Waals surface area (Å²) in [5.74, 6) is 5.06. The monoisotopic (exact) mass is 486 g/mol. The molecule has 0 aromatic heterocycles. The molecule has 3 nitrogen and oxygen atoms in total. The topological polar surface area (TPSA) is 38.8 Å². The molecule has 1 saturated heterocycles. The average Bonchev–Trinajstić information content (AvgIpc) is 3.33. The summed E-state index contributed by atoms with van der Waals surface area (Å²) in [7, 11) is 0. The lowest BCUT2D eigenvalue weighted by atomic mass is 9.44. The molecular weight excluding hydrogens is 432 g/mol. The molecular formula is C32H54O3. The maximum atomic E-state index is 12.6. The van der Waals surface area contributed by atoms with Crippen LogP contribution in [0.2, 0.25) is 0 Å². The van der Waals surface area contributed by atoms with Crippen LogP contribution >= 0.6 is 0 Å². The molecule has 10 atom stereocenters. The van der Waals surface area contributed by atoms with Gasteiger partial charge in [0.05, 0.1) is 11.5 Å². The highest BCUT2D eigenvalue weighted by Crippen LogP contribution is 2.74. The van der Waals surface area contributed by atoms with E-state index in [0.717, 1.165) is 54.8 Å². The Morgan fingerprint density at radius 2 is 1.74 bits per heavy atom. The quantitative estimate of drug-likeness (QED) is 0.280. The van der Waals surface area contributed by atoms with Gasteiger partial charge in [0.1, 0.15) is 11.7 Å². The van der Waals surface area contributed by atoms with Gasteiger partial charge in [0.15, 0.2) is 0 Å². The predicted octanol–water partition coefficient (Wildman–Crippen LogP) is 8.20. The lowest BCUT2D eigenvalue weighted by Gasteiger charge is -2.59. The number of rotatable bonds is 6. The molecule has 5 rings (SSSR count). The lowest BCUT2D eigenvalue weighted by Crippen LogP contribution is -2.59. The molecule has 1 aliphatic heterocycles. The van der Waals surface area contributed by atoms with Crippen molar-refractivity contribution in [3.8, 4) is 0 Å². The molecule has 0 radical (unpaired) electrons. The number of fused-ring (bicyclic) bond motifs is 4. The highest BCUT2D eigenvalue weighted by Gasteiger charge is 2.76. The van der Waals surface area contributed by atoms with Gasteiger partial charge in [-0.25, -0.2) is 0 Å². The van der Waals surface area contributed by atoms with Crippen molar-refractivity contribution >= 4 is 5.97 Å². The maximum Gasteiger partial charge on any atom is 0.311 e. The molecule has 0 unspecified atom stereocenters. The van der Waals surface area contributed by atoms with Gasteiger partial charge in [0.2, 0.25) is 0 Å². The molecule has 4 saturated carbocycles. The fourth-order valence-electron chi connectivity index (χ4n) is 10.1. The molecule has 0 aromatic rings. The van der Waals surface area contributed by atoms with Gasteiger partial charge in [-0.15, -0.1) is 0 Å². The van der Waals surface area contributed by atoms with Gasteiger partial charge >= 0.3 is 5.97 Å². The van der Waals surface area contributed by atoms with Gasteiger partial charge in [-0.2, -0.15) is 0 Å². The first-order chi connectivity index (χ1) is 16.3. The zero-order valence-corrected chi connectivity index (χ0v) is 24.1. The molecule has 5 aliphatic rings. The SMILES string of the molecule is CC(C)CCC[C@@H](C)[C@H]1CC[C@H]2[C@@H]3C[C@@H]4O[C@@]45C[C@@H](OC(=O)C(C)(C)C)CC[C@]5(C)[C@H]3CC[C@]12C. The Bertz CT molecular complexity index is 812. The molecule has 4 aliphatic carbocycles. The zero-order chi connectivity index (χ0) is 25.4. The van der Waals surface area contributed by atoms with Gasteiger partial charge in [-0.05, 0) is 107 Å². The molecule has 0 N–H and O–H groups in total. The van der Waals surface area contributed by atoms with Crippen molar-refractivity contribution in [3.63, 3.8) is 0 Å². The summed E-state index contributed by atoms with van der Waals surface area (Å²) in [4.78, 5) is 12.6. The molecule has 0 aromatic carbocycles. The van der Waals surface area contributed by atoms with Crippen molar-refractivity contribution in [2.75, 3.05) is 0 Å². The Morgan fingerprint density at radius 1 is 1.00 bits per heavy atom. The third kappa shape index (κ3) is 4.13. The zero-order valence-electron chi connectivity index (χ0n) is 24.1. The average molecular weight is 487 g/mol. The Balaban J connectivity index is 1.28. The minimum absolute atomic E-state index is 0.0227. The molecule has 0 bridgehead atoms. The standard InChI is InChI=1S/C32H54O3/c1-20(2)10-9-11-21(3)24-12-13-25-23-18-27-32(35-27)19-22(34-28(33)29(4,5)6)14-17-31(32,8)26(23)15-16-30(24,25)7/h20-27H,9-19H2,1-8H3/t21-,22+,23+,24-,25+,26+,27+,30-,31-,32+/m1/s1. The van der Waals surface area contributed by atoms with Gasteiger partial charge in [0, 0.05) is 11.8 Å². The molecule has 1 spiro atoms. The van der Waals surface area contributed by atoms with E-state index < -0.39 is 5.41 Å². The number of hydrogen-bond donors (Lipinski definition) is 0. The summed E-state index contributed by atoms with van der Waals surface area (Å²) in [6.45, 7) is 18.4. The first-order valence-corrected chi connectivity index (χ1v) is 15.2. The van der Waals surface area contributed by atoms with Gasteiger partial charge in [-0.3, -0.25) is 4.79 Å². The van der Waals surface area contributed by atoms with Gasteiger partial charge in [-0.1, -0.05) is 53.9 Å². The van der Waals surface area contributed by atoms with E-state index in [2.05, 4.69) is 34.6 Å². The highest BCUT2D eigenvalue weighted by molar-refractivity contribution is 5.75. The smallest absolute Gasteiger partial charge is 0.311 e. The van der Waals surface area contributed by atoms with Crippen LogP contribution in [0.3, 0.4) is 0 Å². The number of esters is 1. The Labute approximate surface area is 215 Å². The predicted molar refractivity (Wildman–Crippen MR) is 142 cm³/mol. The highest BCUT2D eigenvalue weighted by atomic mass is 16.6. The summed E-state index contributed by atoms with van der Waals surface area (Å²) in [6, 6.07) is 0. The molecule has 200 valence electrons. The second-order valence-electron chi connectivity index (χ2n) is 15.6. The van der Waals surface area contributed by atoms with Crippen LogP contribution in [-0.2, 0) is 14.3 Å². The van der Waals surface area contributed by atoms with Crippen LogP contribution in [0.5, 0.6) is 0 Å². The van der Waals surface area contributed by atoms with Crippen molar-refractivity contribution in [1.82, 2.24) is 0 Å². The number of carbonyl (C=O) groups is 1. The van der Waals surface area contributed by atoms with Crippen LogP contribution in [0.25, 0.3) is 0 Å². The van der Waals surface area contributed by atoms with Crippen molar-refractivity contribution in [2.24, 2.45) is 51.8 Å². The number of epoxide rings is 1. The van der Waals surface area contributed by atoms with E-state index in [0.29, 0.717) is 11.5 Å². The second-order valence-corrected chi connectivity index (χ2v) is 15.6.